The van der Waals surface area contributed by atoms with Crippen molar-refractivity contribution in [3.05, 3.63) is 29.8 Å². The van der Waals surface area contributed by atoms with Gasteiger partial charge in [0.2, 0.25) is 5.91 Å². The molecular formula is C14H17F3N2O2. The van der Waals surface area contributed by atoms with Crippen molar-refractivity contribution in [2.45, 2.75) is 19.1 Å². The minimum Gasteiger partial charge on any atom is -0.508 e. The highest BCUT2D eigenvalue weighted by atomic mass is 19.4. The lowest BCUT2D eigenvalue weighted by Crippen LogP contribution is -2.52. The monoisotopic (exact) mass is 302 g/mol. The maximum atomic E-state index is 13.3. The fourth-order valence-corrected chi connectivity index (χ4v) is 2.60. The van der Waals surface area contributed by atoms with E-state index in [1.165, 1.54) is 19.2 Å². The number of aromatic hydroxyl groups is 1. The van der Waals surface area contributed by atoms with Crippen LogP contribution in [0.5, 0.6) is 5.75 Å². The van der Waals surface area contributed by atoms with Crippen molar-refractivity contribution < 1.29 is 23.1 Å². The van der Waals surface area contributed by atoms with Crippen molar-refractivity contribution in [2.75, 3.05) is 20.1 Å². The van der Waals surface area contributed by atoms with E-state index in [1.807, 2.05) is 0 Å². The Kier molecular flexibility index (Phi) is 4.13. The standard InChI is InChI=1S/C14H17F3N2O2/c1-19(8-10-3-2-4-11(20)7-10)12(21)13(14(15,16)17)5-6-18-9-13/h2-4,7,18,20H,5-6,8-9H2,1H3. The summed E-state index contributed by atoms with van der Waals surface area (Å²) in [6.45, 7) is -0.198. The average Bonchev–Trinajstić information content (AvgIpc) is 2.87. The van der Waals surface area contributed by atoms with E-state index in [0.29, 0.717) is 5.56 Å². The van der Waals surface area contributed by atoms with Crippen LogP contribution in [0.2, 0.25) is 0 Å². The molecule has 2 N–H and O–H groups in total. The van der Waals surface area contributed by atoms with Crippen LogP contribution in [0.1, 0.15) is 12.0 Å². The molecule has 0 saturated carbocycles. The molecule has 0 radical (unpaired) electrons. The average molecular weight is 302 g/mol. The van der Waals surface area contributed by atoms with Gasteiger partial charge in [-0.3, -0.25) is 4.79 Å². The summed E-state index contributed by atoms with van der Waals surface area (Å²) < 4.78 is 39.9. The number of halogens is 3. The fraction of sp³-hybridized carbons (Fsp3) is 0.500. The zero-order valence-electron chi connectivity index (χ0n) is 11.6. The van der Waals surface area contributed by atoms with Crippen LogP contribution in [0.25, 0.3) is 0 Å². The SMILES string of the molecule is CN(Cc1cccc(O)c1)C(=O)C1(C(F)(F)F)CCNC1. The van der Waals surface area contributed by atoms with Crippen LogP contribution in [0, 0.1) is 5.41 Å². The summed E-state index contributed by atoms with van der Waals surface area (Å²) in [6, 6.07) is 6.12. The van der Waals surface area contributed by atoms with Crippen molar-refractivity contribution in [2.24, 2.45) is 5.41 Å². The van der Waals surface area contributed by atoms with Gasteiger partial charge in [0.1, 0.15) is 5.75 Å². The third-order valence-corrected chi connectivity index (χ3v) is 3.78. The van der Waals surface area contributed by atoms with Gasteiger partial charge in [-0.1, -0.05) is 12.1 Å². The minimum atomic E-state index is -4.58. The van der Waals surface area contributed by atoms with Crippen molar-refractivity contribution in [3.63, 3.8) is 0 Å². The number of amides is 1. The maximum Gasteiger partial charge on any atom is 0.404 e. The van der Waals surface area contributed by atoms with E-state index in [0.717, 1.165) is 4.90 Å². The third kappa shape index (κ3) is 2.97. The molecule has 116 valence electrons. The maximum absolute atomic E-state index is 13.3. The Hall–Kier alpha value is -1.76. The molecule has 0 bridgehead atoms. The second-order valence-corrected chi connectivity index (χ2v) is 5.34. The van der Waals surface area contributed by atoms with Gasteiger partial charge >= 0.3 is 6.18 Å². The predicted octanol–water partition coefficient (Wildman–Crippen LogP) is 1.89. The van der Waals surface area contributed by atoms with E-state index in [4.69, 9.17) is 0 Å². The smallest absolute Gasteiger partial charge is 0.404 e. The van der Waals surface area contributed by atoms with Gasteiger partial charge < -0.3 is 15.3 Å². The van der Waals surface area contributed by atoms with E-state index in [-0.39, 0.29) is 31.8 Å². The Bertz CT molecular complexity index is 525. The number of phenolic OH excluding ortho intramolecular Hbond substituents is 1. The molecule has 2 rings (SSSR count). The van der Waals surface area contributed by atoms with Crippen LogP contribution in [0.15, 0.2) is 24.3 Å². The summed E-state index contributed by atoms with van der Waals surface area (Å²) in [6.07, 6.45) is -4.83. The molecule has 0 aromatic heterocycles. The lowest BCUT2D eigenvalue weighted by Gasteiger charge is -2.33. The van der Waals surface area contributed by atoms with Crippen LogP contribution in [-0.2, 0) is 11.3 Å². The summed E-state index contributed by atoms with van der Waals surface area (Å²) >= 11 is 0. The van der Waals surface area contributed by atoms with Crippen LogP contribution in [0.4, 0.5) is 13.2 Å². The molecule has 1 unspecified atom stereocenters. The van der Waals surface area contributed by atoms with Gasteiger partial charge in [0.25, 0.3) is 0 Å². The third-order valence-electron chi connectivity index (χ3n) is 3.78. The zero-order valence-corrected chi connectivity index (χ0v) is 11.6. The number of alkyl halides is 3. The molecular weight excluding hydrogens is 285 g/mol. The number of benzene rings is 1. The topological polar surface area (TPSA) is 52.6 Å². The van der Waals surface area contributed by atoms with E-state index < -0.39 is 17.5 Å². The second-order valence-electron chi connectivity index (χ2n) is 5.34. The molecule has 1 saturated heterocycles. The largest absolute Gasteiger partial charge is 0.508 e. The van der Waals surface area contributed by atoms with Crippen LogP contribution < -0.4 is 5.32 Å². The Balaban J connectivity index is 2.18. The van der Waals surface area contributed by atoms with Crippen LogP contribution in [0.3, 0.4) is 0 Å². The van der Waals surface area contributed by atoms with Crippen molar-refractivity contribution in [1.29, 1.82) is 0 Å². The van der Waals surface area contributed by atoms with E-state index in [9.17, 15) is 23.1 Å². The molecule has 0 aliphatic carbocycles. The highest BCUT2D eigenvalue weighted by molar-refractivity contribution is 5.84. The number of nitrogens with one attached hydrogen (secondary N) is 1. The lowest BCUT2D eigenvalue weighted by atomic mass is 9.84. The first-order chi connectivity index (χ1) is 9.76. The molecule has 1 aliphatic heterocycles. The van der Waals surface area contributed by atoms with Gasteiger partial charge in [0.15, 0.2) is 5.41 Å². The normalized spacial score (nSPS) is 22.3. The Morgan fingerprint density at radius 3 is 2.71 bits per heavy atom. The van der Waals surface area contributed by atoms with Crippen molar-refractivity contribution in [1.82, 2.24) is 10.2 Å². The number of nitrogens with zero attached hydrogens (tertiary/aromatic N) is 1. The highest BCUT2D eigenvalue weighted by Gasteiger charge is 2.62. The van der Waals surface area contributed by atoms with Gasteiger partial charge in [-0.15, -0.1) is 0 Å². The number of carbonyl (C=O) groups is 1. The molecule has 7 heteroatoms. The molecule has 4 nitrogen and oxygen atoms in total. The van der Waals surface area contributed by atoms with E-state index >= 15 is 0 Å². The summed E-state index contributed by atoms with van der Waals surface area (Å²) in [4.78, 5) is 13.4. The Morgan fingerprint density at radius 2 is 2.19 bits per heavy atom. The lowest BCUT2D eigenvalue weighted by molar-refractivity contribution is -0.221. The van der Waals surface area contributed by atoms with Gasteiger partial charge in [0.05, 0.1) is 0 Å². The second kappa shape index (κ2) is 5.55. The van der Waals surface area contributed by atoms with Crippen LogP contribution in [-0.4, -0.2) is 42.2 Å². The quantitative estimate of drug-likeness (QED) is 0.896. The molecule has 1 atom stereocenters. The predicted molar refractivity (Wildman–Crippen MR) is 70.6 cm³/mol. The molecule has 21 heavy (non-hydrogen) atoms. The van der Waals surface area contributed by atoms with Gasteiger partial charge in [0, 0.05) is 20.1 Å². The molecule has 1 fully saturated rings. The Morgan fingerprint density at radius 1 is 1.48 bits per heavy atom. The summed E-state index contributed by atoms with van der Waals surface area (Å²) in [5, 5.41) is 12.0. The number of rotatable bonds is 3. The first kappa shape index (κ1) is 15.6. The highest BCUT2D eigenvalue weighted by Crippen LogP contribution is 2.44. The van der Waals surface area contributed by atoms with Crippen molar-refractivity contribution >= 4 is 5.91 Å². The summed E-state index contributed by atoms with van der Waals surface area (Å²) in [5.74, 6) is -0.926. The Labute approximate surface area is 120 Å². The fourth-order valence-electron chi connectivity index (χ4n) is 2.60. The first-order valence-corrected chi connectivity index (χ1v) is 6.57. The number of hydrogen-bond acceptors (Lipinski definition) is 3. The van der Waals surface area contributed by atoms with Gasteiger partial charge in [-0.2, -0.15) is 13.2 Å². The number of carbonyl (C=O) groups excluding carboxylic acids is 1. The summed E-state index contributed by atoms with van der Waals surface area (Å²) in [7, 11) is 1.35. The molecule has 1 aromatic rings. The van der Waals surface area contributed by atoms with E-state index in [2.05, 4.69) is 5.32 Å². The molecule has 1 amide bonds. The van der Waals surface area contributed by atoms with Crippen molar-refractivity contribution in [3.8, 4) is 5.75 Å². The van der Waals surface area contributed by atoms with Crippen LogP contribution >= 0.6 is 0 Å². The minimum absolute atomic E-state index is 0.0152. The first-order valence-electron chi connectivity index (χ1n) is 6.57. The number of hydrogen-bond donors (Lipinski definition) is 2. The molecule has 0 spiro atoms. The van der Waals surface area contributed by atoms with E-state index in [1.54, 1.807) is 12.1 Å². The zero-order chi connectivity index (χ0) is 15.7. The summed E-state index contributed by atoms with van der Waals surface area (Å²) in [5.41, 5.74) is -1.77. The molecule has 1 aliphatic rings. The molecule has 1 heterocycles. The van der Waals surface area contributed by atoms with Gasteiger partial charge in [-0.05, 0) is 30.7 Å². The number of phenols is 1. The van der Waals surface area contributed by atoms with Gasteiger partial charge in [-0.25, -0.2) is 0 Å². The molecule has 1 aromatic carbocycles.